The van der Waals surface area contributed by atoms with E-state index >= 15 is 0 Å². The van der Waals surface area contributed by atoms with Gasteiger partial charge in [-0.3, -0.25) is 0 Å². The molecule has 2 N–H and O–H groups in total. The van der Waals surface area contributed by atoms with Crippen molar-refractivity contribution in [2.24, 2.45) is 0 Å². The van der Waals surface area contributed by atoms with Crippen LogP contribution < -0.4 is 0 Å². The lowest BCUT2D eigenvalue weighted by atomic mass is 9.87. The molecule has 1 heterocycles. The van der Waals surface area contributed by atoms with E-state index in [0.717, 1.165) is 18.4 Å². The van der Waals surface area contributed by atoms with E-state index in [2.05, 4.69) is 0 Å². The second kappa shape index (κ2) is 5.19. The number of rotatable bonds is 2. The number of benzene rings is 1. The van der Waals surface area contributed by atoms with Crippen LogP contribution in [0.4, 0.5) is 4.79 Å². The van der Waals surface area contributed by atoms with Gasteiger partial charge in [0.25, 0.3) is 0 Å². The molecule has 1 fully saturated rings. The molecule has 0 bridgehead atoms. The molecule has 4 heteroatoms. The summed E-state index contributed by atoms with van der Waals surface area (Å²) in [5.74, 6) is 0.369. The van der Waals surface area contributed by atoms with Gasteiger partial charge in [-0.1, -0.05) is 24.3 Å². The van der Waals surface area contributed by atoms with Gasteiger partial charge >= 0.3 is 6.09 Å². The van der Waals surface area contributed by atoms with Crippen LogP contribution in [0, 0.1) is 0 Å². The largest absolute Gasteiger partial charge is 0.465 e. The van der Waals surface area contributed by atoms with Crippen molar-refractivity contribution in [3.63, 3.8) is 0 Å². The topological polar surface area (TPSA) is 60.8 Å². The Morgan fingerprint density at radius 1 is 1.29 bits per heavy atom. The predicted molar refractivity (Wildman–Crippen MR) is 63.9 cm³/mol. The molecule has 1 saturated heterocycles. The molecule has 0 radical (unpaired) electrons. The molecule has 0 spiro atoms. The van der Waals surface area contributed by atoms with Crippen LogP contribution in [0.25, 0.3) is 0 Å². The maximum Gasteiger partial charge on any atom is 0.407 e. The monoisotopic (exact) mass is 235 g/mol. The number of aliphatic hydroxyl groups is 1. The number of hydrogen-bond donors (Lipinski definition) is 2. The van der Waals surface area contributed by atoms with E-state index in [4.69, 9.17) is 5.11 Å². The first-order chi connectivity index (χ1) is 8.22. The highest BCUT2D eigenvalue weighted by molar-refractivity contribution is 5.65. The number of hydrogen-bond acceptors (Lipinski definition) is 2. The summed E-state index contributed by atoms with van der Waals surface area (Å²) >= 11 is 0. The molecule has 1 aromatic carbocycles. The van der Waals surface area contributed by atoms with E-state index in [1.807, 2.05) is 24.3 Å². The van der Waals surface area contributed by atoms with Crippen LogP contribution in [0.2, 0.25) is 0 Å². The standard InChI is InChI=1S/C13H17NO3/c15-9-11-3-1-2-4-12(11)10-5-7-14(8-6-10)13(16)17/h1-4,10,15H,5-9H2,(H,16,17). The Morgan fingerprint density at radius 3 is 2.53 bits per heavy atom. The Labute approximate surface area is 100 Å². The quantitative estimate of drug-likeness (QED) is 0.824. The van der Waals surface area contributed by atoms with Gasteiger partial charge in [-0.25, -0.2) is 4.79 Å². The summed E-state index contributed by atoms with van der Waals surface area (Å²) in [5.41, 5.74) is 2.13. The zero-order valence-corrected chi connectivity index (χ0v) is 9.67. The van der Waals surface area contributed by atoms with Gasteiger partial charge in [0.2, 0.25) is 0 Å². The van der Waals surface area contributed by atoms with Gasteiger partial charge < -0.3 is 15.1 Å². The molecule has 0 saturated carbocycles. The first-order valence-corrected chi connectivity index (χ1v) is 5.89. The van der Waals surface area contributed by atoms with E-state index in [0.29, 0.717) is 19.0 Å². The molecule has 0 aliphatic carbocycles. The normalized spacial score (nSPS) is 17.1. The number of aliphatic hydroxyl groups excluding tert-OH is 1. The second-order valence-corrected chi connectivity index (χ2v) is 4.40. The van der Waals surface area contributed by atoms with E-state index < -0.39 is 6.09 Å². The summed E-state index contributed by atoms with van der Waals surface area (Å²) in [6.07, 6.45) is 0.839. The lowest BCUT2D eigenvalue weighted by Crippen LogP contribution is -2.36. The maximum atomic E-state index is 10.8. The molecule has 92 valence electrons. The van der Waals surface area contributed by atoms with Gasteiger partial charge in [0.1, 0.15) is 0 Å². The van der Waals surface area contributed by atoms with E-state index in [-0.39, 0.29) is 6.61 Å². The average Bonchev–Trinajstić information content (AvgIpc) is 2.39. The van der Waals surface area contributed by atoms with Crippen molar-refractivity contribution in [3.05, 3.63) is 35.4 Å². The van der Waals surface area contributed by atoms with Crippen molar-refractivity contribution in [1.82, 2.24) is 4.90 Å². The minimum Gasteiger partial charge on any atom is -0.465 e. The van der Waals surface area contributed by atoms with Crippen LogP contribution in [-0.4, -0.2) is 34.3 Å². The number of piperidine rings is 1. The smallest absolute Gasteiger partial charge is 0.407 e. The van der Waals surface area contributed by atoms with Crippen LogP contribution in [-0.2, 0) is 6.61 Å². The van der Waals surface area contributed by atoms with Crippen molar-refractivity contribution < 1.29 is 15.0 Å². The highest BCUT2D eigenvalue weighted by atomic mass is 16.4. The fourth-order valence-corrected chi connectivity index (χ4v) is 2.46. The SMILES string of the molecule is O=C(O)N1CCC(c2ccccc2CO)CC1. The second-order valence-electron chi connectivity index (χ2n) is 4.40. The number of amides is 1. The summed E-state index contributed by atoms with van der Waals surface area (Å²) in [5, 5.41) is 18.2. The molecule has 1 amide bonds. The summed E-state index contributed by atoms with van der Waals surface area (Å²) in [6, 6.07) is 7.85. The first kappa shape index (κ1) is 11.9. The molecule has 0 unspecified atom stereocenters. The molecule has 0 atom stereocenters. The highest BCUT2D eigenvalue weighted by Crippen LogP contribution is 2.30. The molecule has 2 rings (SSSR count). The average molecular weight is 235 g/mol. The Bertz CT molecular complexity index is 397. The highest BCUT2D eigenvalue weighted by Gasteiger charge is 2.24. The fourth-order valence-electron chi connectivity index (χ4n) is 2.46. The van der Waals surface area contributed by atoms with Gasteiger partial charge in [-0.15, -0.1) is 0 Å². The summed E-state index contributed by atoms with van der Waals surface area (Å²) < 4.78 is 0. The van der Waals surface area contributed by atoms with Gasteiger partial charge in [-0.05, 0) is 29.9 Å². The summed E-state index contributed by atoms with van der Waals surface area (Å²) in [7, 11) is 0. The number of nitrogens with zero attached hydrogens (tertiary/aromatic N) is 1. The zero-order valence-electron chi connectivity index (χ0n) is 9.67. The third kappa shape index (κ3) is 2.58. The van der Waals surface area contributed by atoms with Gasteiger partial charge in [0, 0.05) is 13.1 Å². The van der Waals surface area contributed by atoms with Crippen LogP contribution in [0.5, 0.6) is 0 Å². The minimum atomic E-state index is -0.834. The molecule has 1 aliphatic rings. The minimum absolute atomic E-state index is 0.0509. The Kier molecular flexibility index (Phi) is 3.64. The van der Waals surface area contributed by atoms with Crippen LogP contribution in [0.3, 0.4) is 0 Å². The Balaban J connectivity index is 2.07. The Hall–Kier alpha value is -1.55. The fraction of sp³-hybridized carbons (Fsp3) is 0.462. The van der Waals surface area contributed by atoms with E-state index in [1.54, 1.807) is 0 Å². The van der Waals surface area contributed by atoms with Crippen LogP contribution in [0.15, 0.2) is 24.3 Å². The van der Waals surface area contributed by atoms with E-state index in [9.17, 15) is 9.90 Å². The lowest BCUT2D eigenvalue weighted by molar-refractivity contribution is 0.132. The van der Waals surface area contributed by atoms with Crippen molar-refractivity contribution >= 4 is 6.09 Å². The molecule has 0 aromatic heterocycles. The third-order valence-electron chi connectivity index (χ3n) is 3.43. The summed E-state index contributed by atoms with van der Waals surface area (Å²) in [6.45, 7) is 1.22. The number of likely N-dealkylation sites (tertiary alicyclic amines) is 1. The maximum absolute atomic E-state index is 10.8. The molecule has 1 aromatic rings. The van der Waals surface area contributed by atoms with Crippen LogP contribution in [0.1, 0.15) is 29.9 Å². The predicted octanol–water partition coefficient (Wildman–Crippen LogP) is 2.04. The molecule has 17 heavy (non-hydrogen) atoms. The molecular formula is C13H17NO3. The Morgan fingerprint density at radius 2 is 1.94 bits per heavy atom. The molecule has 1 aliphatic heterocycles. The number of carbonyl (C=O) groups is 1. The first-order valence-electron chi connectivity index (χ1n) is 5.89. The lowest BCUT2D eigenvalue weighted by Gasteiger charge is -2.31. The summed E-state index contributed by atoms with van der Waals surface area (Å²) in [4.78, 5) is 12.3. The van der Waals surface area contributed by atoms with Gasteiger partial charge in [0.15, 0.2) is 0 Å². The zero-order chi connectivity index (χ0) is 12.3. The van der Waals surface area contributed by atoms with Gasteiger partial charge in [-0.2, -0.15) is 0 Å². The number of carboxylic acid groups (broad SMARTS) is 1. The third-order valence-corrected chi connectivity index (χ3v) is 3.43. The van der Waals surface area contributed by atoms with Crippen molar-refractivity contribution in [3.8, 4) is 0 Å². The molecular weight excluding hydrogens is 218 g/mol. The van der Waals surface area contributed by atoms with Crippen molar-refractivity contribution in [2.45, 2.75) is 25.4 Å². The van der Waals surface area contributed by atoms with Gasteiger partial charge in [0.05, 0.1) is 6.61 Å². The van der Waals surface area contributed by atoms with Crippen LogP contribution >= 0.6 is 0 Å². The van der Waals surface area contributed by atoms with Crippen molar-refractivity contribution in [2.75, 3.05) is 13.1 Å². The molecule has 4 nitrogen and oxygen atoms in total. The van der Waals surface area contributed by atoms with Crippen molar-refractivity contribution in [1.29, 1.82) is 0 Å². The van der Waals surface area contributed by atoms with E-state index in [1.165, 1.54) is 10.5 Å².